The van der Waals surface area contributed by atoms with Crippen LogP contribution in [0.5, 0.6) is 0 Å². The molecule has 0 aromatic rings. The predicted molar refractivity (Wildman–Crippen MR) is 73.7 cm³/mol. The van der Waals surface area contributed by atoms with Gasteiger partial charge in [-0.1, -0.05) is 0 Å². The maximum atomic E-state index is 11.5. The minimum absolute atomic E-state index is 0.0949. The highest BCUT2D eigenvalue weighted by Gasteiger charge is 2.34. The van der Waals surface area contributed by atoms with E-state index in [4.69, 9.17) is 8.92 Å². The number of piperidine rings is 1. The van der Waals surface area contributed by atoms with Gasteiger partial charge in [0.05, 0.1) is 18.9 Å². The normalized spacial score (nSPS) is 32.0. The Labute approximate surface area is 123 Å². The van der Waals surface area contributed by atoms with Crippen molar-refractivity contribution in [3.8, 4) is 0 Å². The monoisotopic (exact) mass is 323 g/mol. The van der Waals surface area contributed by atoms with Gasteiger partial charge in [-0.2, -0.15) is 8.42 Å². The molecule has 0 saturated carbocycles. The highest BCUT2D eigenvalue weighted by molar-refractivity contribution is 7.86. The molecule has 122 valence electrons. The first-order valence-electron chi connectivity index (χ1n) is 7.05. The molecule has 0 spiro atoms. The highest BCUT2D eigenvalue weighted by Crippen LogP contribution is 2.18. The van der Waals surface area contributed by atoms with Crippen molar-refractivity contribution in [1.82, 2.24) is 10.2 Å². The van der Waals surface area contributed by atoms with Crippen molar-refractivity contribution in [3.63, 3.8) is 0 Å². The van der Waals surface area contributed by atoms with Crippen molar-refractivity contribution in [2.24, 2.45) is 0 Å². The van der Waals surface area contributed by atoms with Crippen LogP contribution in [0.1, 0.15) is 19.8 Å². The minimum Gasteiger partial charge on any atom is -0.349 e. The summed E-state index contributed by atoms with van der Waals surface area (Å²) in [7, 11) is -3.55. The van der Waals surface area contributed by atoms with Gasteiger partial charge in [-0.05, 0) is 13.3 Å². The molecule has 3 unspecified atom stereocenters. The maximum Gasteiger partial charge on any atom is 0.269 e. The molecule has 0 radical (unpaired) electrons. The molecule has 0 amide bonds. The first-order chi connectivity index (χ1) is 9.91. The Kier molecular flexibility index (Phi) is 5.49. The van der Waals surface area contributed by atoms with Gasteiger partial charge < -0.3 is 4.74 Å². The average molecular weight is 323 g/mol. The van der Waals surface area contributed by atoms with Crippen molar-refractivity contribution in [2.75, 3.05) is 32.0 Å². The first kappa shape index (κ1) is 16.6. The summed E-state index contributed by atoms with van der Waals surface area (Å²) in [4.78, 5) is 12.5. The molecule has 10 heteroatoms. The van der Waals surface area contributed by atoms with E-state index < -0.39 is 22.6 Å². The van der Waals surface area contributed by atoms with Crippen LogP contribution in [0.2, 0.25) is 0 Å². The van der Waals surface area contributed by atoms with E-state index in [1.807, 2.05) is 0 Å². The summed E-state index contributed by atoms with van der Waals surface area (Å²) in [5, 5.41) is 13.6. The Balaban J connectivity index is 1.86. The highest BCUT2D eigenvalue weighted by atomic mass is 32.2. The van der Waals surface area contributed by atoms with Crippen LogP contribution < -0.4 is 5.32 Å². The van der Waals surface area contributed by atoms with Crippen LogP contribution in [-0.4, -0.2) is 68.7 Å². The Bertz CT molecular complexity index is 463. The lowest BCUT2D eigenvalue weighted by molar-refractivity contribution is -0.532. The number of rotatable bonds is 5. The fourth-order valence-electron chi connectivity index (χ4n) is 2.58. The van der Waals surface area contributed by atoms with Crippen LogP contribution in [0.25, 0.3) is 0 Å². The Morgan fingerprint density at radius 1 is 1.48 bits per heavy atom. The van der Waals surface area contributed by atoms with Crippen LogP contribution in [0.15, 0.2) is 0 Å². The van der Waals surface area contributed by atoms with Gasteiger partial charge in [0, 0.05) is 30.5 Å². The van der Waals surface area contributed by atoms with Gasteiger partial charge >= 0.3 is 0 Å². The minimum atomic E-state index is -3.55. The van der Waals surface area contributed by atoms with E-state index in [0.29, 0.717) is 39.1 Å². The molecule has 0 aliphatic carbocycles. The van der Waals surface area contributed by atoms with Crippen molar-refractivity contribution in [2.45, 2.75) is 38.3 Å². The molecule has 0 aromatic carbocycles. The van der Waals surface area contributed by atoms with Crippen LogP contribution in [0, 0.1) is 10.1 Å². The summed E-state index contributed by atoms with van der Waals surface area (Å²) in [6.07, 6.45) is -0.313. The largest absolute Gasteiger partial charge is 0.349 e. The van der Waals surface area contributed by atoms with Crippen LogP contribution >= 0.6 is 0 Å². The lowest BCUT2D eigenvalue weighted by atomic mass is 10.0. The fourth-order valence-corrected chi connectivity index (χ4v) is 3.16. The van der Waals surface area contributed by atoms with Crippen molar-refractivity contribution < 1.29 is 22.3 Å². The second kappa shape index (κ2) is 6.97. The van der Waals surface area contributed by atoms with Gasteiger partial charge in [0.2, 0.25) is 0 Å². The van der Waals surface area contributed by atoms with E-state index >= 15 is 0 Å². The first-order valence-corrected chi connectivity index (χ1v) is 8.62. The quantitative estimate of drug-likeness (QED) is 0.404. The summed E-state index contributed by atoms with van der Waals surface area (Å²) in [5.74, 6) is -0.0949. The third kappa shape index (κ3) is 4.58. The van der Waals surface area contributed by atoms with Gasteiger partial charge in [-0.3, -0.25) is 20.3 Å². The zero-order valence-electron chi connectivity index (χ0n) is 11.9. The van der Waals surface area contributed by atoms with E-state index in [9.17, 15) is 18.5 Å². The van der Waals surface area contributed by atoms with E-state index in [-0.39, 0.29) is 16.7 Å². The van der Waals surface area contributed by atoms with Gasteiger partial charge in [0.15, 0.2) is 6.29 Å². The summed E-state index contributed by atoms with van der Waals surface area (Å²) < 4.78 is 33.2. The molecule has 2 rings (SSSR count). The zero-order valence-corrected chi connectivity index (χ0v) is 12.8. The number of nitrogens with one attached hydrogen (secondary N) is 1. The molecule has 0 aromatic heterocycles. The lowest BCUT2D eigenvalue weighted by Gasteiger charge is -2.39. The predicted octanol–water partition coefficient (Wildman–Crippen LogP) is -0.634. The Hall–Kier alpha value is -0.810. The molecule has 9 nitrogen and oxygen atoms in total. The van der Waals surface area contributed by atoms with Crippen LogP contribution in [0.4, 0.5) is 0 Å². The second-order valence-corrected chi connectivity index (χ2v) is 7.06. The summed E-state index contributed by atoms with van der Waals surface area (Å²) in [6, 6.07) is 0.139. The summed E-state index contributed by atoms with van der Waals surface area (Å²) in [5.41, 5.74) is 0. The van der Waals surface area contributed by atoms with E-state index in [1.54, 1.807) is 0 Å². The molecule has 2 aliphatic heterocycles. The standard InChI is InChI=1S/C11H21N3O6S/c1-2-21(17,18)20-11-8-13(5-6-19-11)9-3-4-10(12-7-9)14(15)16/h9-12H,2-8H2,1H3. The second-order valence-electron chi connectivity index (χ2n) is 5.18. The Morgan fingerprint density at radius 2 is 2.24 bits per heavy atom. The molecule has 2 saturated heterocycles. The van der Waals surface area contributed by atoms with E-state index in [2.05, 4.69) is 10.2 Å². The molecule has 3 atom stereocenters. The van der Waals surface area contributed by atoms with Gasteiger partial charge in [0.1, 0.15) is 0 Å². The maximum absolute atomic E-state index is 11.5. The van der Waals surface area contributed by atoms with E-state index in [0.717, 1.165) is 0 Å². The molecular formula is C11H21N3O6S. The van der Waals surface area contributed by atoms with Crippen molar-refractivity contribution in [1.29, 1.82) is 0 Å². The average Bonchev–Trinajstić information content (AvgIpc) is 2.47. The fraction of sp³-hybridized carbons (Fsp3) is 1.00. The molecule has 21 heavy (non-hydrogen) atoms. The Morgan fingerprint density at radius 3 is 2.81 bits per heavy atom. The number of hydrogen-bond acceptors (Lipinski definition) is 8. The summed E-state index contributed by atoms with van der Waals surface area (Å²) in [6.45, 7) is 3.44. The molecule has 0 bridgehead atoms. The van der Waals surface area contributed by atoms with Gasteiger partial charge in [-0.15, -0.1) is 0 Å². The third-order valence-corrected chi connectivity index (χ3v) is 5.02. The number of ether oxygens (including phenoxy) is 1. The van der Waals surface area contributed by atoms with Gasteiger partial charge in [0.25, 0.3) is 16.3 Å². The third-order valence-electron chi connectivity index (χ3n) is 3.81. The topological polar surface area (TPSA) is 111 Å². The molecule has 2 heterocycles. The van der Waals surface area contributed by atoms with E-state index in [1.165, 1.54) is 6.92 Å². The van der Waals surface area contributed by atoms with Crippen molar-refractivity contribution in [3.05, 3.63) is 10.1 Å². The molecule has 2 aliphatic rings. The number of nitrogens with zero attached hydrogens (tertiary/aromatic N) is 2. The zero-order chi connectivity index (χ0) is 15.5. The number of nitro groups is 1. The van der Waals surface area contributed by atoms with Crippen molar-refractivity contribution >= 4 is 10.1 Å². The van der Waals surface area contributed by atoms with Crippen LogP contribution in [-0.2, 0) is 19.0 Å². The summed E-state index contributed by atoms with van der Waals surface area (Å²) >= 11 is 0. The molecule has 1 N–H and O–H groups in total. The SMILES string of the molecule is CCS(=O)(=O)OC1CN(C2CCC([N+](=O)[O-])NC2)CCO1. The lowest BCUT2D eigenvalue weighted by Crippen LogP contribution is -2.56. The number of morpholine rings is 1. The molecule has 2 fully saturated rings. The van der Waals surface area contributed by atoms with Crippen LogP contribution in [0.3, 0.4) is 0 Å². The number of hydrogen-bond donors (Lipinski definition) is 1. The van der Waals surface area contributed by atoms with Gasteiger partial charge in [-0.25, -0.2) is 4.18 Å². The molecular weight excluding hydrogens is 302 g/mol. The smallest absolute Gasteiger partial charge is 0.269 e.